The fraction of sp³-hybridized carbons (Fsp3) is 0.444. The highest BCUT2D eigenvalue weighted by Gasteiger charge is 2.30. The second kappa shape index (κ2) is 16.9. The molecule has 0 fully saturated rings. The van der Waals surface area contributed by atoms with Crippen LogP contribution in [0.1, 0.15) is 36.0 Å². The largest absolute Gasteiger partial charge is 0.488 e. The smallest absolute Gasteiger partial charge is 0.423 e. The average Bonchev–Trinajstić information content (AvgIpc) is 2.96. The van der Waals surface area contributed by atoms with Crippen LogP contribution in [-0.2, 0) is 33.7 Å². The highest BCUT2D eigenvalue weighted by atomic mass is 19.4. The molecule has 0 saturated heterocycles. The van der Waals surface area contributed by atoms with Gasteiger partial charge in [-0.05, 0) is 60.1 Å². The van der Waals surface area contributed by atoms with Crippen molar-refractivity contribution >= 4 is 36.0 Å². The summed E-state index contributed by atoms with van der Waals surface area (Å²) in [5.41, 5.74) is 16.7. The Balaban J connectivity index is 2.19. The third-order valence-corrected chi connectivity index (χ3v) is 6.53. The lowest BCUT2D eigenvalue weighted by Crippen LogP contribution is -2.50. The van der Waals surface area contributed by atoms with Crippen molar-refractivity contribution in [3.8, 4) is 0 Å². The Morgan fingerprint density at radius 1 is 0.930 bits per heavy atom. The van der Waals surface area contributed by atoms with Gasteiger partial charge in [0, 0.05) is 38.3 Å². The van der Waals surface area contributed by atoms with Crippen molar-refractivity contribution in [3.63, 3.8) is 0 Å². The van der Waals surface area contributed by atoms with Gasteiger partial charge in [0.2, 0.25) is 17.7 Å². The number of aryl methyl sites for hydroxylation is 1. The monoisotopic (exact) mass is 612 g/mol. The van der Waals surface area contributed by atoms with Gasteiger partial charge < -0.3 is 42.8 Å². The van der Waals surface area contributed by atoms with E-state index in [9.17, 15) is 42.0 Å². The van der Waals surface area contributed by atoms with E-state index in [4.69, 9.17) is 17.2 Å². The number of hydrogen-bond acceptors (Lipinski definition) is 8. The van der Waals surface area contributed by atoms with Gasteiger partial charge in [0.15, 0.2) is 0 Å². The Bertz CT molecular complexity index is 1210. The number of carbonyl (C=O) groups excluding carboxylic acids is 3. The number of benzene rings is 2. The summed E-state index contributed by atoms with van der Waals surface area (Å²) < 4.78 is 52.1. The van der Waals surface area contributed by atoms with Gasteiger partial charge in [-0.2, -0.15) is 13.2 Å². The van der Waals surface area contributed by atoms with Gasteiger partial charge in [-0.15, -0.1) is 0 Å². The van der Waals surface area contributed by atoms with Crippen LogP contribution in [0.25, 0.3) is 0 Å². The summed E-state index contributed by atoms with van der Waals surface area (Å²) in [6.45, 7) is 0.0473. The fourth-order valence-electron chi connectivity index (χ4n) is 4.21. The van der Waals surface area contributed by atoms with Crippen molar-refractivity contribution in [2.75, 3.05) is 31.5 Å². The Morgan fingerprint density at radius 3 is 2.09 bits per heavy atom. The van der Waals surface area contributed by atoms with Gasteiger partial charge in [-0.1, -0.05) is 18.2 Å². The molecule has 0 saturated carbocycles. The highest BCUT2D eigenvalue weighted by molar-refractivity contribution is 6.58. The second-order valence-electron chi connectivity index (χ2n) is 9.86. The molecule has 0 aliphatic heterocycles. The number of amides is 3. The highest BCUT2D eigenvalue weighted by Crippen LogP contribution is 2.29. The van der Waals surface area contributed by atoms with E-state index < -0.39 is 49.4 Å². The Kier molecular flexibility index (Phi) is 14.0. The zero-order chi connectivity index (χ0) is 32.2. The van der Waals surface area contributed by atoms with Crippen LogP contribution in [0.5, 0.6) is 0 Å². The van der Waals surface area contributed by atoms with E-state index in [1.54, 1.807) is 0 Å². The molecule has 236 valence electrons. The molecule has 0 heterocycles. The molecule has 2 atom stereocenters. The number of hydrogen-bond donors (Lipinski definition) is 7. The van der Waals surface area contributed by atoms with Gasteiger partial charge in [-0.25, -0.2) is 4.39 Å². The Labute approximate surface area is 246 Å². The Morgan fingerprint density at radius 2 is 1.56 bits per heavy atom. The van der Waals surface area contributed by atoms with Crippen LogP contribution in [0.2, 0.25) is 0 Å². The summed E-state index contributed by atoms with van der Waals surface area (Å²) in [6, 6.07) is 5.56. The summed E-state index contributed by atoms with van der Waals surface area (Å²) in [4.78, 5) is 40.1. The minimum absolute atomic E-state index is 0.0202. The molecule has 0 bridgehead atoms. The Hall–Kier alpha value is -3.57. The second-order valence-corrected chi connectivity index (χ2v) is 9.86. The van der Waals surface area contributed by atoms with E-state index in [0.29, 0.717) is 5.56 Å². The number of rotatable bonds is 16. The molecule has 0 unspecified atom stereocenters. The third-order valence-electron chi connectivity index (χ3n) is 6.53. The molecule has 0 spiro atoms. The SMILES string of the molecule is NCCN(CCN)C(=O)CC[C@H](N)C(=O)N[C@H](CCc1ccc(C(F)(F)F)cc1)C(=O)Nc1cc(CF)cc(B(O)O)c1. The van der Waals surface area contributed by atoms with E-state index in [1.807, 2.05) is 0 Å². The average molecular weight is 612 g/mol. The molecule has 43 heavy (non-hydrogen) atoms. The lowest BCUT2D eigenvalue weighted by Gasteiger charge is -2.23. The van der Waals surface area contributed by atoms with Crippen molar-refractivity contribution in [2.45, 2.75) is 50.6 Å². The first-order valence-corrected chi connectivity index (χ1v) is 13.6. The first-order valence-electron chi connectivity index (χ1n) is 13.6. The number of nitrogens with zero attached hydrogens (tertiary/aromatic N) is 1. The van der Waals surface area contributed by atoms with Crippen LogP contribution >= 0.6 is 0 Å². The summed E-state index contributed by atoms with van der Waals surface area (Å²) in [5, 5.41) is 24.0. The van der Waals surface area contributed by atoms with Crippen molar-refractivity contribution in [3.05, 3.63) is 59.2 Å². The summed E-state index contributed by atoms with van der Waals surface area (Å²) in [5.74, 6) is -1.83. The minimum Gasteiger partial charge on any atom is -0.423 e. The molecule has 0 aromatic heterocycles. The maximum absolute atomic E-state index is 13.3. The van der Waals surface area contributed by atoms with Crippen LogP contribution < -0.4 is 33.3 Å². The van der Waals surface area contributed by atoms with Gasteiger partial charge >= 0.3 is 13.3 Å². The maximum Gasteiger partial charge on any atom is 0.488 e. The molecule has 16 heteroatoms. The van der Waals surface area contributed by atoms with Crippen molar-refractivity contribution in [2.24, 2.45) is 17.2 Å². The van der Waals surface area contributed by atoms with E-state index in [1.165, 1.54) is 35.2 Å². The molecule has 10 N–H and O–H groups in total. The predicted molar refractivity (Wildman–Crippen MR) is 153 cm³/mol. The molecule has 2 aromatic rings. The quantitative estimate of drug-likeness (QED) is 0.0996. The van der Waals surface area contributed by atoms with Crippen molar-refractivity contribution in [1.82, 2.24) is 10.2 Å². The van der Waals surface area contributed by atoms with E-state index in [2.05, 4.69) is 10.6 Å². The molecule has 2 rings (SSSR count). The summed E-state index contributed by atoms with van der Waals surface area (Å²) >= 11 is 0. The molecular formula is C27H37BF4N6O5. The number of alkyl halides is 4. The van der Waals surface area contributed by atoms with E-state index in [-0.39, 0.29) is 74.5 Å². The topological polar surface area (TPSA) is 197 Å². The normalized spacial score (nSPS) is 12.8. The predicted octanol–water partition coefficient (Wildman–Crippen LogP) is -0.236. The minimum atomic E-state index is -4.52. The van der Waals surface area contributed by atoms with Crippen molar-refractivity contribution < 1.29 is 42.0 Å². The van der Waals surface area contributed by atoms with E-state index in [0.717, 1.165) is 12.1 Å². The summed E-state index contributed by atoms with van der Waals surface area (Å²) in [7, 11) is -1.94. The molecular weight excluding hydrogens is 575 g/mol. The lowest BCUT2D eigenvalue weighted by atomic mass is 9.79. The van der Waals surface area contributed by atoms with Crippen LogP contribution in [-0.4, -0.2) is 78.1 Å². The van der Waals surface area contributed by atoms with Gasteiger partial charge in [0.25, 0.3) is 0 Å². The van der Waals surface area contributed by atoms with E-state index >= 15 is 0 Å². The standard InChI is InChI=1S/C27H37BF4N6O5/c29-16-18-13-20(28(42)43)15-21(14-18)36-26(41)23(7-3-17-1-4-19(5-2-17)27(30,31)32)37-25(40)22(35)6-8-24(39)38(11-9-33)12-10-34/h1-2,4-5,13-15,22-23,42-43H,3,6-12,16,33-35H2,(H,36,41)(H,37,40)/t22-,23+/m0/s1. The number of nitrogens with one attached hydrogen (secondary N) is 2. The number of carbonyl (C=O) groups is 3. The van der Waals surface area contributed by atoms with Crippen LogP contribution in [0.3, 0.4) is 0 Å². The maximum atomic E-state index is 13.3. The van der Waals surface area contributed by atoms with Gasteiger partial charge in [-0.3, -0.25) is 14.4 Å². The number of anilines is 1. The van der Waals surface area contributed by atoms with Gasteiger partial charge in [0.05, 0.1) is 11.6 Å². The lowest BCUT2D eigenvalue weighted by molar-refractivity contribution is -0.137. The number of nitrogens with two attached hydrogens (primary N) is 3. The molecule has 0 aliphatic carbocycles. The van der Waals surface area contributed by atoms with Crippen LogP contribution in [0.4, 0.5) is 23.2 Å². The molecule has 3 amide bonds. The molecule has 2 aromatic carbocycles. The molecule has 0 radical (unpaired) electrons. The first kappa shape index (κ1) is 35.6. The zero-order valence-electron chi connectivity index (χ0n) is 23.4. The van der Waals surface area contributed by atoms with Crippen LogP contribution in [0, 0.1) is 0 Å². The zero-order valence-corrected chi connectivity index (χ0v) is 23.4. The van der Waals surface area contributed by atoms with Gasteiger partial charge in [0.1, 0.15) is 12.7 Å². The van der Waals surface area contributed by atoms with Crippen molar-refractivity contribution in [1.29, 1.82) is 0 Å². The third kappa shape index (κ3) is 11.6. The summed E-state index contributed by atoms with van der Waals surface area (Å²) in [6.07, 6.45) is -4.64. The molecule has 0 aliphatic rings. The fourth-order valence-corrected chi connectivity index (χ4v) is 4.21. The molecule has 11 nitrogen and oxygen atoms in total. The first-order chi connectivity index (χ1) is 20.3. The van der Waals surface area contributed by atoms with Crippen LogP contribution in [0.15, 0.2) is 42.5 Å². The number of halogens is 4.